The molecule has 0 amide bonds. The van der Waals surface area contributed by atoms with Crippen LogP contribution in [0.25, 0.3) is 21.7 Å². The van der Waals surface area contributed by atoms with Gasteiger partial charge in [0.15, 0.2) is 0 Å². The van der Waals surface area contributed by atoms with Gasteiger partial charge in [-0.25, -0.2) is 8.42 Å². The molecule has 0 fully saturated rings. The molecule has 33 heavy (non-hydrogen) atoms. The summed E-state index contributed by atoms with van der Waals surface area (Å²) in [7, 11) is -3.71. The van der Waals surface area contributed by atoms with Gasteiger partial charge in [-0.3, -0.25) is 4.72 Å². The normalized spacial score (nSPS) is 16.8. The van der Waals surface area contributed by atoms with Crippen LogP contribution in [0.15, 0.2) is 63.9 Å². The number of hydrogen-bond donors (Lipinski definition) is 1. The van der Waals surface area contributed by atoms with Gasteiger partial charge in [0, 0.05) is 28.1 Å². The number of furan rings is 1. The standard InChI is InChI=1S/C28H31NO3S/c1-5-28(3,4)19-12-15-26-23(16-19)24-17-25(21-8-6-7-9-22(21)27(24)32-26)29-33(30,31)20-13-10-18(2)11-14-20/h6-11,13-14,17,19,29H,5,12,15-16H2,1-4H3. The Bertz CT molecular complexity index is 1450. The van der Waals surface area contributed by atoms with Gasteiger partial charge in [0.25, 0.3) is 10.0 Å². The van der Waals surface area contributed by atoms with E-state index in [9.17, 15) is 8.42 Å². The Hall–Kier alpha value is -2.79. The van der Waals surface area contributed by atoms with Gasteiger partial charge in [-0.1, -0.05) is 69.2 Å². The molecule has 1 unspecified atom stereocenters. The Balaban J connectivity index is 1.65. The van der Waals surface area contributed by atoms with Crippen LogP contribution in [0.3, 0.4) is 0 Å². The molecule has 1 N–H and O–H groups in total. The predicted octanol–water partition coefficient (Wildman–Crippen LogP) is 7.24. The highest BCUT2D eigenvalue weighted by molar-refractivity contribution is 7.92. The van der Waals surface area contributed by atoms with E-state index >= 15 is 0 Å². The molecule has 5 heteroatoms. The smallest absolute Gasteiger partial charge is 0.261 e. The Morgan fingerprint density at radius 1 is 1.03 bits per heavy atom. The Morgan fingerprint density at radius 2 is 1.73 bits per heavy atom. The highest BCUT2D eigenvalue weighted by Crippen LogP contribution is 2.45. The summed E-state index contributed by atoms with van der Waals surface area (Å²) in [6.45, 7) is 8.90. The largest absolute Gasteiger partial charge is 0.460 e. The first-order valence-electron chi connectivity index (χ1n) is 11.7. The molecular formula is C28H31NO3S. The fourth-order valence-electron chi connectivity index (χ4n) is 5.06. The molecule has 0 radical (unpaired) electrons. The monoisotopic (exact) mass is 461 g/mol. The van der Waals surface area contributed by atoms with Crippen molar-refractivity contribution in [3.63, 3.8) is 0 Å². The first kappa shape index (κ1) is 22.0. The lowest BCUT2D eigenvalue weighted by atomic mass is 9.69. The van der Waals surface area contributed by atoms with Crippen molar-refractivity contribution in [1.82, 2.24) is 0 Å². The lowest BCUT2D eigenvalue weighted by Gasteiger charge is -2.36. The van der Waals surface area contributed by atoms with E-state index in [1.54, 1.807) is 12.1 Å². The van der Waals surface area contributed by atoms with E-state index in [0.717, 1.165) is 58.7 Å². The van der Waals surface area contributed by atoms with E-state index in [1.807, 2.05) is 49.4 Å². The van der Waals surface area contributed by atoms with Crippen molar-refractivity contribution in [1.29, 1.82) is 0 Å². The molecule has 1 atom stereocenters. The lowest BCUT2D eigenvalue weighted by molar-refractivity contribution is 0.179. The fourth-order valence-corrected chi connectivity index (χ4v) is 6.13. The molecule has 0 aliphatic heterocycles. The minimum atomic E-state index is -3.71. The summed E-state index contributed by atoms with van der Waals surface area (Å²) in [6, 6.07) is 16.8. The molecular weight excluding hydrogens is 430 g/mol. The fraction of sp³-hybridized carbons (Fsp3) is 0.357. The van der Waals surface area contributed by atoms with Gasteiger partial charge in [0.1, 0.15) is 11.3 Å². The van der Waals surface area contributed by atoms with Crippen LogP contribution in [0.1, 0.15) is 50.5 Å². The molecule has 1 aromatic heterocycles. The highest BCUT2D eigenvalue weighted by atomic mass is 32.2. The number of fused-ring (bicyclic) bond motifs is 5. The van der Waals surface area contributed by atoms with Crippen molar-refractivity contribution < 1.29 is 12.8 Å². The van der Waals surface area contributed by atoms with E-state index in [4.69, 9.17) is 4.42 Å². The number of sulfonamides is 1. The Kier molecular flexibility index (Phi) is 5.28. The van der Waals surface area contributed by atoms with Gasteiger partial charge in [0.2, 0.25) is 0 Å². The number of hydrogen-bond acceptors (Lipinski definition) is 3. The maximum Gasteiger partial charge on any atom is 0.261 e. The van der Waals surface area contributed by atoms with Crippen LogP contribution < -0.4 is 4.72 Å². The number of nitrogens with one attached hydrogen (secondary N) is 1. The molecule has 1 aliphatic rings. The second-order valence-electron chi connectivity index (χ2n) is 10.1. The summed E-state index contributed by atoms with van der Waals surface area (Å²) in [6.07, 6.45) is 4.15. The third kappa shape index (κ3) is 3.82. The summed E-state index contributed by atoms with van der Waals surface area (Å²) >= 11 is 0. The topological polar surface area (TPSA) is 59.3 Å². The quantitative estimate of drug-likeness (QED) is 0.341. The molecule has 5 rings (SSSR count). The SMILES string of the molecule is CCC(C)(C)C1CCc2oc3c(cc(NS(=O)(=O)c4ccc(C)cc4)c4ccccc43)c2C1. The first-order chi connectivity index (χ1) is 15.7. The van der Waals surface area contributed by atoms with Gasteiger partial charge >= 0.3 is 0 Å². The van der Waals surface area contributed by atoms with Crippen LogP contribution >= 0.6 is 0 Å². The van der Waals surface area contributed by atoms with Gasteiger partial charge in [-0.05, 0) is 49.3 Å². The van der Waals surface area contributed by atoms with Crippen LogP contribution in [0.2, 0.25) is 0 Å². The molecule has 0 saturated heterocycles. The zero-order chi connectivity index (χ0) is 23.4. The summed E-state index contributed by atoms with van der Waals surface area (Å²) < 4.78 is 35.7. The zero-order valence-electron chi connectivity index (χ0n) is 19.7. The van der Waals surface area contributed by atoms with Crippen LogP contribution in [-0.4, -0.2) is 8.42 Å². The Labute approximate surface area is 196 Å². The third-order valence-electron chi connectivity index (χ3n) is 7.64. The molecule has 3 aromatic carbocycles. The third-order valence-corrected chi connectivity index (χ3v) is 9.03. The van der Waals surface area contributed by atoms with Crippen LogP contribution in [0.5, 0.6) is 0 Å². The molecule has 0 spiro atoms. The maximum absolute atomic E-state index is 13.2. The molecule has 1 heterocycles. The molecule has 1 aliphatic carbocycles. The number of benzene rings is 3. The molecule has 0 bridgehead atoms. The molecule has 4 aromatic rings. The predicted molar refractivity (Wildman–Crippen MR) is 135 cm³/mol. The summed E-state index contributed by atoms with van der Waals surface area (Å²) in [5, 5.41) is 2.82. The zero-order valence-corrected chi connectivity index (χ0v) is 20.6. The summed E-state index contributed by atoms with van der Waals surface area (Å²) in [5.74, 6) is 1.63. The van der Waals surface area contributed by atoms with Crippen molar-refractivity contribution in [2.75, 3.05) is 4.72 Å². The second-order valence-corrected chi connectivity index (χ2v) is 11.7. The van der Waals surface area contributed by atoms with E-state index in [2.05, 4.69) is 25.5 Å². The van der Waals surface area contributed by atoms with E-state index in [1.165, 1.54) is 5.56 Å². The van der Waals surface area contributed by atoms with E-state index < -0.39 is 10.0 Å². The van der Waals surface area contributed by atoms with Crippen molar-refractivity contribution in [2.24, 2.45) is 11.3 Å². The first-order valence-corrected chi connectivity index (χ1v) is 13.2. The van der Waals surface area contributed by atoms with Crippen molar-refractivity contribution >= 4 is 37.5 Å². The van der Waals surface area contributed by atoms with Gasteiger partial charge < -0.3 is 4.42 Å². The average Bonchev–Trinajstić information content (AvgIpc) is 3.17. The molecule has 4 nitrogen and oxygen atoms in total. The van der Waals surface area contributed by atoms with E-state index in [-0.39, 0.29) is 10.3 Å². The number of rotatable bonds is 5. The van der Waals surface area contributed by atoms with Crippen molar-refractivity contribution in [3.8, 4) is 0 Å². The number of aryl methyl sites for hydroxylation is 2. The van der Waals surface area contributed by atoms with Gasteiger partial charge in [-0.2, -0.15) is 0 Å². The van der Waals surface area contributed by atoms with Crippen molar-refractivity contribution in [3.05, 3.63) is 71.5 Å². The summed E-state index contributed by atoms with van der Waals surface area (Å²) in [5.41, 5.74) is 3.98. The number of anilines is 1. The minimum Gasteiger partial charge on any atom is -0.460 e. The van der Waals surface area contributed by atoms with Gasteiger partial charge in [-0.15, -0.1) is 0 Å². The van der Waals surface area contributed by atoms with Gasteiger partial charge in [0.05, 0.1) is 10.6 Å². The Morgan fingerprint density at radius 3 is 2.42 bits per heavy atom. The molecule has 0 saturated carbocycles. The van der Waals surface area contributed by atoms with Crippen LogP contribution in [0.4, 0.5) is 5.69 Å². The average molecular weight is 462 g/mol. The molecule has 172 valence electrons. The van der Waals surface area contributed by atoms with Crippen LogP contribution in [0, 0.1) is 18.3 Å². The van der Waals surface area contributed by atoms with Crippen LogP contribution in [-0.2, 0) is 22.9 Å². The maximum atomic E-state index is 13.2. The minimum absolute atomic E-state index is 0.258. The summed E-state index contributed by atoms with van der Waals surface area (Å²) in [4.78, 5) is 0.260. The van der Waals surface area contributed by atoms with E-state index in [0.29, 0.717) is 11.6 Å². The lowest BCUT2D eigenvalue weighted by Crippen LogP contribution is -2.28. The van der Waals surface area contributed by atoms with Crippen molar-refractivity contribution in [2.45, 2.75) is 58.3 Å². The second kappa shape index (κ2) is 7.91. The highest BCUT2D eigenvalue weighted by Gasteiger charge is 2.34.